The third-order valence-corrected chi connectivity index (χ3v) is 3.00. The summed E-state index contributed by atoms with van der Waals surface area (Å²) in [5.74, 6) is -3.62. The van der Waals surface area contributed by atoms with Crippen molar-refractivity contribution in [1.82, 2.24) is 4.98 Å². The summed E-state index contributed by atoms with van der Waals surface area (Å²) in [6.45, 7) is 0. The van der Waals surface area contributed by atoms with E-state index in [1.165, 1.54) is 5.32 Å². The van der Waals surface area contributed by atoms with E-state index in [9.17, 15) is 22.8 Å². The Morgan fingerprint density at radius 1 is 1.48 bits per heavy atom. The third-order valence-electron chi connectivity index (χ3n) is 2.24. The van der Waals surface area contributed by atoms with Gasteiger partial charge in [-0.2, -0.15) is 13.2 Å². The van der Waals surface area contributed by atoms with Gasteiger partial charge in [-0.3, -0.25) is 10.1 Å². The van der Waals surface area contributed by atoms with Gasteiger partial charge in [0.1, 0.15) is 11.8 Å². The number of hydrogen-bond acceptors (Lipinski definition) is 6. The van der Waals surface area contributed by atoms with Gasteiger partial charge in [0.2, 0.25) is 5.71 Å². The number of thiazole rings is 1. The molecule has 0 radical (unpaired) electrons. The minimum Gasteiger partial charge on any atom is -0.476 e. The van der Waals surface area contributed by atoms with E-state index in [1.54, 1.807) is 0 Å². The van der Waals surface area contributed by atoms with Crippen molar-refractivity contribution in [1.29, 1.82) is 0 Å². The number of rotatable bonds is 5. The Morgan fingerprint density at radius 3 is 2.67 bits per heavy atom. The van der Waals surface area contributed by atoms with Crippen LogP contribution >= 0.6 is 11.3 Å². The van der Waals surface area contributed by atoms with E-state index < -0.39 is 23.8 Å². The fourth-order valence-corrected chi connectivity index (χ4v) is 1.79. The number of carboxylic acids is 1. The molecule has 1 aliphatic rings. The topological polar surface area (TPSA) is 101 Å². The minimum absolute atomic E-state index is 0.137. The highest BCUT2D eigenvalue weighted by Gasteiger charge is 2.39. The molecule has 0 saturated heterocycles. The van der Waals surface area contributed by atoms with E-state index in [0.717, 1.165) is 18.2 Å². The number of carboxylic acid groups (broad SMARTS) is 1. The molecule has 1 aromatic heterocycles. The summed E-state index contributed by atoms with van der Waals surface area (Å²) < 4.78 is 36.2. The fourth-order valence-electron chi connectivity index (χ4n) is 1.10. The number of amides is 1. The molecule has 2 rings (SSSR count). The van der Waals surface area contributed by atoms with Crippen LogP contribution < -0.4 is 5.32 Å². The lowest BCUT2D eigenvalue weighted by Crippen LogP contribution is -2.29. The standard InChI is InChI=1S/C10H8F3N3O4S/c11-10(12,13)8(19)15-9-14-5(3-21-9)6(7(17)18)16-20-4-1-2-4/h3-4H,1-2H2,(H,17,18)(H,14,15,19)/b16-6-. The smallest absolute Gasteiger partial charge is 0.471 e. The van der Waals surface area contributed by atoms with E-state index in [-0.39, 0.29) is 16.9 Å². The minimum atomic E-state index is -5.05. The van der Waals surface area contributed by atoms with Crippen LogP contribution in [0.1, 0.15) is 18.5 Å². The summed E-state index contributed by atoms with van der Waals surface area (Å²) >= 11 is 0.647. The first kappa shape index (κ1) is 15.2. The average Bonchev–Trinajstić information content (AvgIpc) is 3.08. The van der Waals surface area contributed by atoms with Crippen LogP contribution in [0.25, 0.3) is 0 Å². The van der Waals surface area contributed by atoms with Crippen LogP contribution in [-0.2, 0) is 14.4 Å². The van der Waals surface area contributed by atoms with E-state index >= 15 is 0 Å². The van der Waals surface area contributed by atoms with Crippen LogP contribution in [0.15, 0.2) is 10.5 Å². The molecule has 1 aromatic rings. The summed E-state index contributed by atoms with van der Waals surface area (Å²) in [5, 5.41) is 14.7. The zero-order chi connectivity index (χ0) is 15.6. The lowest BCUT2D eigenvalue weighted by Gasteiger charge is -2.04. The van der Waals surface area contributed by atoms with Crippen LogP contribution in [0.5, 0.6) is 0 Å². The van der Waals surface area contributed by atoms with Gasteiger partial charge in [-0.1, -0.05) is 5.16 Å². The first-order valence-corrected chi connectivity index (χ1v) is 6.46. The summed E-state index contributed by atoms with van der Waals surface area (Å²) in [4.78, 5) is 30.2. The van der Waals surface area contributed by atoms with Crippen molar-refractivity contribution in [2.45, 2.75) is 25.1 Å². The first-order valence-electron chi connectivity index (χ1n) is 5.58. The molecule has 1 aliphatic carbocycles. The van der Waals surface area contributed by atoms with Crippen molar-refractivity contribution in [3.8, 4) is 0 Å². The maximum Gasteiger partial charge on any atom is 0.471 e. The largest absolute Gasteiger partial charge is 0.476 e. The maximum atomic E-state index is 12.1. The lowest BCUT2D eigenvalue weighted by molar-refractivity contribution is -0.167. The molecule has 0 unspecified atom stereocenters. The Balaban J connectivity index is 2.11. The number of hydrogen-bond donors (Lipinski definition) is 2. The van der Waals surface area contributed by atoms with Crippen molar-refractivity contribution < 1.29 is 32.7 Å². The van der Waals surface area contributed by atoms with Crippen molar-refractivity contribution in [2.24, 2.45) is 5.16 Å². The Hall–Kier alpha value is -2.17. The molecular weight excluding hydrogens is 315 g/mol. The van der Waals surface area contributed by atoms with Crippen molar-refractivity contribution in [3.63, 3.8) is 0 Å². The first-order chi connectivity index (χ1) is 9.77. The highest BCUT2D eigenvalue weighted by Crippen LogP contribution is 2.25. The number of aromatic nitrogens is 1. The molecule has 1 heterocycles. The fraction of sp³-hybridized carbons (Fsp3) is 0.400. The monoisotopic (exact) mass is 323 g/mol. The molecule has 0 aromatic carbocycles. The average molecular weight is 323 g/mol. The Morgan fingerprint density at radius 2 is 2.14 bits per heavy atom. The van der Waals surface area contributed by atoms with E-state index in [2.05, 4.69) is 10.1 Å². The second-order valence-corrected chi connectivity index (χ2v) is 4.90. The van der Waals surface area contributed by atoms with Gasteiger partial charge in [-0.25, -0.2) is 9.78 Å². The molecule has 1 saturated carbocycles. The Kier molecular flexibility index (Phi) is 4.11. The molecule has 21 heavy (non-hydrogen) atoms. The summed E-state index contributed by atoms with van der Waals surface area (Å²) in [7, 11) is 0. The van der Waals surface area contributed by atoms with Crippen LogP contribution in [0.3, 0.4) is 0 Å². The van der Waals surface area contributed by atoms with Gasteiger partial charge in [0, 0.05) is 5.38 Å². The number of carbonyl (C=O) groups excluding carboxylic acids is 1. The normalized spacial score (nSPS) is 15.7. The maximum absolute atomic E-state index is 12.1. The molecule has 2 N–H and O–H groups in total. The van der Waals surface area contributed by atoms with Crippen molar-refractivity contribution >= 4 is 34.1 Å². The zero-order valence-corrected chi connectivity index (χ0v) is 11.0. The molecule has 0 atom stereocenters. The number of oxime groups is 1. The molecule has 0 bridgehead atoms. The number of alkyl halides is 3. The molecular formula is C10H8F3N3O4S. The van der Waals surface area contributed by atoms with Crippen LogP contribution in [-0.4, -0.2) is 40.0 Å². The predicted octanol–water partition coefficient (Wildman–Crippen LogP) is 1.61. The molecule has 0 aliphatic heterocycles. The number of nitrogens with zero attached hydrogens (tertiary/aromatic N) is 2. The number of aliphatic carboxylic acids is 1. The summed E-state index contributed by atoms with van der Waals surface area (Å²) in [6, 6.07) is 0. The summed E-state index contributed by atoms with van der Waals surface area (Å²) in [5.41, 5.74) is -0.726. The van der Waals surface area contributed by atoms with Gasteiger partial charge in [0.05, 0.1) is 0 Å². The molecule has 11 heteroatoms. The van der Waals surface area contributed by atoms with E-state index in [0.29, 0.717) is 11.3 Å². The number of carbonyl (C=O) groups is 2. The van der Waals surface area contributed by atoms with Crippen molar-refractivity contribution in [3.05, 3.63) is 11.1 Å². The van der Waals surface area contributed by atoms with Gasteiger partial charge in [-0.15, -0.1) is 11.3 Å². The number of nitrogens with one attached hydrogen (secondary N) is 1. The quantitative estimate of drug-likeness (QED) is 0.633. The van der Waals surface area contributed by atoms with Gasteiger partial charge in [0.15, 0.2) is 5.13 Å². The van der Waals surface area contributed by atoms with Gasteiger partial charge >= 0.3 is 18.1 Å². The highest BCUT2D eigenvalue weighted by molar-refractivity contribution is 7.14. The molecule has 1 amide bonds. The SMILES string of the molecule is O=C(O)/C(=N\OC1CC1)c1csc(NC(=O)C(F)(F)F)n1. The van der Waals surface area contributed by atoms with Gasteiger partial charge in [-0.05, 0) is 12.8 Å². The van der Waals surface area contributed by atoms with E-state index in [1.807, 2.05) is 0 Å². The van der Waals surface area contributed by atoms with Gasteiger partial charge < -0.3 is 9.94 Å². The number of anilines is 1. The zero-order valence-electron chi connectivity index (χ0n) is 10.2. The molecule has 0 spiro atoms. The lowest BCUT2D eigenvalue weighted by atomic mass is 10.3. The molecule has 114 valence electrons. The number of halogens is 3. The Labute approximate surface area is 119 Å². The second kappa shape index (κ2) is 5.68. The highest BCUT2D eigenvalue weighted by atomic mass is 32.1. The third kappa shape index (κ3) is 4.15. The predicted molar refractivity (Wildman–Crippen MR) is 65.1 cm³/mol. The second-order valence-electron chi connectivity index (χ2n) is 4.04. The Bertz CT molecular complexity index is 595. The molecule has 7 nitrogen and oxygen atoms in total. The van der Waals surface area contributed by atoms with Crippen LogP contribution in [0.2, 0.25) is 0 Å². The molecule has 1 fully saturated rings. The van der Waals surface area contributed by atoms with Crippen LogP contribution in [0, 0.1) is 0 Å². The van der Waals surface area contributed by atoms with Crippen molar-refractivity contribution in [2.75, 3.05) is 5.32 Å². The van der Waals surface area contributed by atoms with Crippen LogP contribution in [0.4, 0.5) is 18.3 Å². The van der Waals surface area contributed by atoms with Gasteiger partial charge in [0.25, 0.3) is 0 Å². The summed E-state index contributed by atoms with van der Waals surface area (Å²) in [6.07, 6.45) is -3.66. The van der Waals surface area contributed by atoms with E-state index in [4.69, 9.17) is 9.94 Å².